The largest absolute Gasteiger partial charge is 0.372 e. The first-order valence-corrected chi connectivity index (χ1v) is 6.61. The highest BCUT2D eigenvalue weighted by Gasteiger charge is 2.25. The minimum atomic E-state index is -0.173. The second kappa shape index (κ2) is 6.60. The fraction of sp³-hybridized carbons (Fsp3) is 0.700. The van der Waals surface area contributed by atoms with Gasteiger partial charge in [-0.05, 0) is 13.8 Å². The van der Waals surface area contributed by atoms with Crippen molar-refractivity contribution >= 4 is 28.8 Å². The minimum absolute atomic E-state index is 0.0301. The van der Waals surface area contributed by atoms with E-state index in [4.69, 9.17) is 21.6 Å². The van der Waals surface area contributed by atoms with E-state index in [2.05, 4.69) is 4.99 Å². The Balaban J connectivity index is 2.41. The average molecular weight is 273 g/mol. The van der Waals surface area contributed by atoms with Gasteiger partial charge in [-0.15, -0.1) is 0 Å². The summed E-state index contributed by atoms with van der Waals surface area (Å²) < 4.78 is 5.55. The van der Waals surface area contributed by atoms with E-state index >= 15 is 0 Å². The third-order valence-corrected chi connectivity index (χ3v) is 3.09. The third kappa shape index (κ3) is 4.92. The van der Waals surface area contributed by atoms with Crippen LogP contribution in [0.3, 0.4) is 0 Å². The number of morpholine rings is 1. The Bertz CT molecular complexity index is 346. The molecule has 0 aromatic heterocycles. The third-order valence-electron chi connectivity index (χ3n) is 2.34. The lowest BCUT2D eigenvalue weighted by Gasteiger charge is -2.35. The number of guanidine groups is 1. The van der Waals surface area contributed by atoms with Gasteiger partial charge in [0, 0.05) is 13.1 Å². The molecule has 18 heavy (non-hydrogen) atoms. The summed E-state index contributed by atoms with van der Waals surface area (Å²) in [6.07, 6.45) is 0.0831. The van der Waals surface area contributed by atoms with Crippen molar-refractivity contribution in [2.24, 2.45) is 16.5 Å². The second-order valence-corrected chi connectivity index (χ2v) is 5.15. The number of aliphatic imine (C=N–C) groups is 1. The van der Waals surface area contributed by atoms with Crippen molar-refractivity contribution in [1.29, 1.82) is 5.41 Å². The van der Waals surface area contributed by atoms with Gasteiger partial charge in [0.05, 0.1) is 18.0 Å². The summed E-state index contributed by atoms with van der Waals surface area (Å²) in [5, 5.41) is 7.37. The molecular formula is C10H19N5O2S. The quantitative estimate of drug-likeness (QED) is 0.466. The SMILES string of the molecule is CC1CN(C(=O)CSC(=N)N=C(N)N)CC(C)O1. The fourth-order valence-corrected chi connectivity index (χ4v) is 2.37. The van der Waals surface area contributed by atoms with Gasteiger partial charge in [0.25, 0.3) is 0 Å². The molecule has 102 valence electrons. The maximum Gasteiger partial charge on any atom is 0.233 e. The topological polar surface area (TPSA) is 118 Å². The number of thioether (sulfide) groups is 1. The van der Waals surface area contributed by atoms with E-state index in [1.54, 1.807) is 4.90 Å². The zero-order valence-electron chi connectivity index (χ0n) is 10.5. The van der Waals surface area contributed by atoms with Crippen molar-refractivity contribution in [3.8, 4) is 0 Å². The molecule has 0 aromatic carbocycles. The van der Waals surface area contributed by atoms with Gasteiger partial charge in [-0.2, -0.15) is 4.99 Å². The molecule has 8 heteroatoms. The van der Waals surface area contributed by atoms with Crippen molar-refractivity contribution in [1.82, 2.24) is 4.90 Å². The van der Waals surface area contributed by atoms with Crippen LogP contribution >= 0.6 is 11.8 Å². The number of hydrogen-bond donors (Lipinski definition) is 3. The van der Waals surface area contributed by atoms with E-state index < -0.39 is 0 Å². The maximum absolute atomic E-state index is 11.9. The number of amidine groups is 1. The Kier molecular flexibility index (Phi) is 5.42. The molecule has 0 radical (unpaired) electrons. The number of nitrogens with two attached hydrogens (primary N) is 2. The summed E-state index contributed by atoms with van der Waals surface area (Å²) >= 11 is 1.01. The van der Waals surface area contributed by atoms with Crippen molar-refractivity contribution in [2.45, 2.75) is 26.1 Å². The standard InChI is InChI=1S/C10H19N5O2S/c1-6-3-15(4-7(2)17-6)8(16)5-18-10(13)14-9(11)12/h6-7H,3-5H2,1-2H3,(H5,11,12,13,14). The Morgan fingerprint density at radius 3 is 2.50 bits per heavy atom. The number of ether oxygens (including phenoxy) is 1. The molecule has 2 atom stereocenters. The van der Waals surface area contributed by atoms with Crippen LogP contribution in [0.5, 0.6) is 0 Å². The Morgan fingerprint density at radius 1 is 1.44 bits per heavy atom. The molecule has 1 fully saturated rings. The van der Waals surface area contributed by atoms with Crippen LogP contribution in [0.25, 0.3) is 0 Å². The minimum Gasteiger partial charge on any atom is -0.372 e. The lowest BCUT2D eigenvalue weighted by atomic mass is 10.2. The number of carbonyl (C=O) groups excluding carboxylic acids is 1. The van der Waals surface area contributed by atoms with Crippen molar-refractivity contribution < 1.29 is 9.53 Å². The number of nitrogens with zero attached hydrogens (tertiary/aromatic N) is 2. The van der Waals surface area contributed by atoms with Crippen molar-refractivity contribution in [2.75, 3.05) is 18.8 Å². The van der Waals surface area contributed by atoms with E-state index in [0.717, 1.165) is 11.8 Å². The molecule has 1 rings (SSSR count). The number of carbonyl (C=O) groups is 1. The molecule has 1 heterocycles. The summed E-state index contributed by atoms with van der Waals surface area (Å²) in [7, 11) is 0. The van der Waals surface area contributed by atoms with Gasteiger partial charge >= 0.3 is 0 Å². The summed E-state index contributed by atoms with van der Waals surface area (Å²) in [4.78, 5) is 17.2. The van der Waals surface area contributed by atoms with Crippen LogP contribution in [0.1, 0.15) is 13.8 Å². The predicted molar refractivity (Wildman–Crippen MR) is 72.6 cm³/mol. The monoisotopic (exact) mass is 273 g/mol. The van der Waals surface area contributed by atoms with Gasteiger partial charge in [0.1, 0.15) is 0 Å². The predicted octanol–water partition coefficient (Wildman–Crippen LogP) is -0.436. The molecule has 0 saturated carbocycles. The summed E-state index contributed by atoms with van der Waals surface area (Å²) in [5.74, 6) is -0.0409. The molecule has 0 aliphatic carbocycles. The molecule has 5 N–H and O–H groups in total. The number of amides is 1. The highest BCUT2D eigenvalue weighted by atomic mass is 32.2. The van der Waals surface area contributed by atoms with Gasteiger partial charge in [0.2, 0.25) is 5.91 Å². The van der Waals surface area contributed by atoms with E-state index in [9.17, 15) is 4.79 Å². The molecular weight excluding hydrogens is 254 g/mol. The Hall–Kier alpha value is -1.28. The smallest absolute Gasteiger partial charge is 0.233 e. The van der Waals surface area contributed by atoms with Crippen LogP contribution in [0.4, 0.5) is 0 Å². The zero-order valence-corrected chi connectivity index (χ0v) is 11.4. The van der Waals surface area contributed by atoms with Crippen LogP contribution in [-0.4, -0.2) is 53.0 Å². The van der Waals surface area contributed by atoms with Crippen molar-refractivity contribution in [3.63, 3.8) is 0 Å². The van der Waals surface area contributed by atoms with E-state index in [1.165, 1.54) is 0 Å². The van der Waals surface area contributed by atoms with Gasteiger partial charge < -0.3 is 21.1 Å². The maximum atomic E-state index is 11.9. The van der Waals surface area contributed by atoms with Crippen molar-refractivity contribution in [3.05, 3.63) is 0 Å². The van der Waals surface area contributed by atoms with Crippen LogP contribution < -0.4 is 11.5 Å². The molecule has 0 aromatic rings. The van der Waals surface area contributed by atoms with Gasteiger partial charge in [-0.25, -0.2) is 0 Å². The molecule has 7 nitrogen and oxygen atoms in total. The highest BCUT2D eigenvalue weighted by Crippen LogP contribution is 2.13. The highest BCUT2D eigenvalue weighted by molar-refractivity contribution is 8.14. The first-order valence-electron chi connectivity index (χ1n) is 5.62. The first-order chi connectivity index (χ1) is 8.38. The van der Waals surface area contributed by atoms with E-state index in [0.29, 0.717) is 13.1 Å². The Labute approximate surface area is 110 Å². The van der Waals surface area contributed by atoms with Crippen LogP contribution in [0.2, 0.25) is 0 Å². The molecule has 0 spiro atoms. The van der Waals surface area contributed by atoms with E-state index in [1.807, 2.05) is 13.8 Å². The average Bonchev–Trinajstić information content (AvgIpc) is 2.23. The molecule has 2 unspecified atom stereocenters. The molecule has 1 saturated heterocycles. The number of rotatable bonds is 2. The lowest BCUT2D eigenvalue weighted by Crippen LogP contribution is -2.48. The number of nitrogens with one attached hydrogen (secondary N) is 1. The molecule has 1 aliphatic rings. The second-order valence-electron chi connectivity index (χ2n) is 4.19. The fourth-order valence-electron chi connectivity index (χ4n) is 1.75. The summed E-state index contributed by atoms with van der Waals surface area (Å²) in [5.41, 5.74) is 10.3. The first kappa shape index (κ1) is 14.8. The zero-order chi connectivity index (χ0) is 13.7. The van der Waals surface area contributed by atoms with Gasteiger partial charge in [0.15, 0.2) is 11.1 Å². The van der Waals surface area contributed by atoms with Crippen LogP contribution in [-0.2, 0) is 9.53 Å². The molecule has 0 bridgehead atoms. The summed E-state index contributed by atoms with van der Waals surface area (Å²) in [6.45, 7) is 5.04. The van der Waals surface area contributed by atoms with Crippen LogP contribution in [0, 0.1) is 5.41 Å². The van der Waals surface area contributed by atoms with Gasteiger partial charge in [-0.3, -0.25) is 10.2 Å². The molecule has 1 amide bonds. The van der Waals surface area contributed by atoms with Gasteiger partial charge in [-0.1, -0.05) is 11.8 Å². The number of hydrogen-bond acceptors (Lipinski definition) is 4. The lowest BCUT2D eigenvalue weighted by molar-refractivity contribution is -0.140. The Morgan fingerprint density at radius 2 is 2.00 bits per heavy atom. The van der Waals surface area contributed by atoms with E-state index in [-0.39, 0.29) is 35.0 Å². The molecule has 1 aliphatic heterocycles. The summed E-state index contributed by atoms with van der Waals surface area (Å²) in [6, 6.07) is 0. The normalized spacial score (nSPS) is 23.6. The van der Waals surface area contributed by atoms with Crippen LogP contribution in [0.15, 0.2) is 4.99 Å².